The van der Waals surface area contributed by atoms with Gasteiger partial charge in [0.1, 0.15) is 19.8 Å². The zero-order valence-corrected chi connectivity index (χ0v) is 31.7. The second-order valence-electron chi connectivity index (χ2n) is 16.5. The van der Waals surface area contributed by atoms with Gasteiger partial charge < -0.3 is 19.1 Å². The van der Waals surface area contributed by atoms with Gasteiger partial charge >= 0.3 is 17.9 Å². The van der Waals surface area contributed by atoms with Crippen LogP contribution in [0.5, 0.6) is 0 Å². The van der Waals surface area contributed by atoms with Crippen LogP contribution in [0, 0.1) is 29.1 Å². The van der Waals surface area contributed by atoms with Crippen LogP contribution in [0.3, 0.4) is 0 Å². The third-order valence-electron chi connectivity index (χ3n) is 11.8. The van der Waals surface area contributed by atoms with Gasteiger partial charge in [0, 0.05) is 12.8 Å². The number of nitrogens with zero attached hydrogens (tertiary/aromatic N) is 1. The van der Waals surface area contributed by atoms with Gasteiger partial charge in [0.25, 0.3) is 0 Å². The molecular weight excluding hydrogens is 626 g/mol. The Kier molecular flexibility index (Phi) is 19.0. The van der Waals surface area contributed by atoms with Crippen molar-refractivity contribution >= 4 is 17.9 Å². The highest BCUT2D eigenvalue weighted by molar-refractivity contribution is 5.71. The zero-order chi connectivity index (χ0) is 35.3. The number of hydrogen-bond acceptors (Lipinski definition) is 7. The summed E-state index contributed by atoms with van der Waals surface area (Å²) in [5.41, 5.74) is 0.122. The molecule has 0 aromatic carbocycles. The van der Waals surface area contributed by atoms with E-state index in [0.29, 0.717) is 19.3 Å². The molecular formula is C43H71NO6. The first-order chi connectivity index (χ1) is 24.4. The van der Waals surface area contributed by atoms with Crippen LogP contribution in [0.2, 0.25) is 0 Å². The first-order valence-corrected chi connectivity index (χ1v) is 20.9. The highest BCUT2D eigenvalue weighted by atomic mass is 16.6. The van der Waals surface area contributed by atoms with E-state index in [1.165, 1.54) is 96.3 Å². The number of unbranched alkanes of at least 4 members (excludes halogenated alkanes) is 9. The number of likely N-dealkylation sites (tertiary alicyclic amines) is 1. The third-order valence-corrected chi connectivity index (χ3v) is 11.8. The summed E-state index contributed by atoms with van der Waals surface area (Å²) in [5.74, 6) is 1.40. The lowest BCUT2D eigenvalue weighted by Gasteiger charge is -2.56. The molecule has 1 aliphatic heterocycles. The molecule has 4 bridgehead atoms. The number of rotatable bonds is 27. The molecule has 5 fully saturated rings. The predicted octanol–water partition coefficient (Wildman–Crippen LogP) is 9.92. The molecule has 1 atom stereocenters. The van der Waals surface area contributed by atoms with Crippen molar-refractivity contribution in [1.82, 2.24) is 4.90 Å². The van der Waals surface area contributed by atoms with Gasteiger partial charge in [0.2, 0.25) is 0 Å². The minimum atomic E-state index is -0.349. The molecule has 1 heterocycles. The summed E-state index contributed by atoms with van der Waals surface area (Å²) in [5, 5.41) is 0. The lowest BCUT2D eigenvalue weighted by Crippen LogP contribution is -2.47. The van der Waals surface area contributed by atoms with Crippen LogP contribution in [-0.4, -0.2) is 62.3 Å². The molecule has 1 unspecified atom stereocenters. The van der Waals surface area contributed by atoms with Crippen molar-refractivity contribution in [3.05, 3.63) is 24.3 Å². The maximum absolute atomic E-state index is 13.1. The molecule has 5 rings (SSSR count). The van der Waals surface area contributed by atoms with Crippen LogP contribution in [0.15, 0.2) is 24.3 Å². The van der Waals surface area contributed by atoms with E-state index in [9.17, 15) is 14.4 Å². The standard InChI is InChI=1S/C43H71NO6/c1-2-3-4-5-6-7-8-9-10-11-12-13-14-15-16-17-21-40(45)48-33-39(34-49-41(46)22-20-25-44-23-18-19-24-44)35-50-42(47)32-43-29-36-26-37(30-43)28-38(27-36)31-43/h6-7,9-10,36-39H,2-5,8,11-35H2,1H3/b7-6-,10-9-. The number of esters is 3. The molecule has 0 aromatic heterocycles. The van der Waals surface area contributed by atoms with E-state index in [2.05, 4.69) is 36.1 Å². The Morgan fingerprint density at radius 1 is 0.640 bits per heavy atom. The zero-order valence-electron chi connectivity index (χ0n) is 31.7. The van der Waals surface area contributed by atoms with Gasteiger partial charge in [-0.15, -0.1) is 0 Å². The number of allylic oxidation sites excluding steroid dienone is 4. The molecule has 1 saturated heterocycles. The quantitative estimate of drug-likeness (QED) is 0.0366. The first kappa shape index (κ1) is 40.6. The monoisotopic (exact) mass is 698 g/mol. The van der Waals surface area contributed by atoms with Crippen LogP contribution < -0.4 is 0 Å². The maximum Gasteiger partial charge on any atom is 0.306 e. The molecule has 7 heteroatoms. The van der Waals surface area contributed by atoms with Crippen molar-refractivity contribution in [2.45, 2.75) is 161 Å². The number of carbonyl (C=O) groups excluding carboxylic acids is 3. The molecule has 5 aliphatic rings. The van der Waals surface area contributed by atoms with E-state index in [1.807, 2.05) is 0 Å². The second kappa shape index (κ2) is 23.4. The van der Waals surface area contributed by atoms with E-state index in [-0.39, 0.29) is 49.1 Å². The lowest BCUT2D eigenvalue weighted by molar-refractivity contribution is -0.157. The van der Waals surface area contributed by atoms with E-state index in [4.69, 9.17) is 14.2 Å². The fraction of sp³-hybridized carbons (Fsp3) is 0.837. The van der Waals surface area contributed by atoms with E-state index >= 15 is 0 Å². The highest BCUT2D eigenvalue weighted by Gasteiger charge is 2.51. The molecule has 50 heavy (non-hydrogen) atoms. The Morgan fingerprint density at radius 2 is 1.14 bits per heavy atom. The van der Waals surface area contributed by atoms with Crippen LogP contribution in [0.4, 0.5) is 0 Å². The molecule has 7 nitrogen and oxygen atoms in total. The van der Waals surface area contributed by atoms with Gasteiger partial charge in [-0.2, -0.15) is 0 Å². The molecule has 0 N–H and O–H groups in total. The average Bonchev–Trinajstić information content (AvgIpc) is 3.60. The molecule has 0 spiro atoms. The summed E-state index contributed by atoms with van der Waals surface area (Å²) in [6.45, 7) is 5.72. The van der Waals surface area contributed by atoms with Crippen LogP contribution in [-0.2, 0) is 28.6 Å². The van der Waals surface area contributed by atoms with Crippen molar-refractivity contribution in [3.63, 3.8) is 0 Å². The van der Waals surface area contributed by atoms with Crippen molar-refractivity contribution in [2.24, 2.45) is 29.1 Å². The lowest BCUT2D eigenvalue weighted by atomic mass is 9.49. The Bertz CT molecular complexity index is 1010. The fourth-order valence-electron chi connectivity index (χ4n) is 9.50. The van der Waals surface area contributed by atoms with Crippen molar-refractivity contribution in [2.75, 3.05) is 39.5 Å². The number of carbonyl (C=O) groups is 3. The minimum absolute atomic E-state index is 0.103. The normalized spacial score (nSPS) is 25.1. The van der Waals surface area contributed by atoms with Gasteiger partial charge in [-0.05, 0) is 139 Å². The minimum Gasteiger partial charge on any atom is -0.465 e. The first-order valence-electron chi connectivity index (χ1n) is 20.9. The second-order valence-corrected chi connectivity index (χ2v) is 16.5. The van der Waals surface area contributed by atoms with Gasteiger partial charge in [0.05, 0.1) is 12.3 Å². The maximum atomic E-state index is 13.1. The van der Waals surface area contributed by atoms with E-state index in [1.54, 1.807) is 0 Å². The summed E-state index contributed by atoms with van der Waals surface area (Å²) in [6, 6.07) is 0. The van der Waals surface area contributed by atoms with Crippen LogP contribution in [0.25, 0.3) is 0 Å². The van der Waals surface area contributed by atoms with Crippen molar-refractivity contribution in [1.29, 1.82) is 0 Å². The number of hydrogen-bond donors (Lipinski definition) is 0. The molecule has 284 valence electrons. The summed E-state index contributed by atoms with van der Waals surface area (Å²) < 4.78 is 17.1. The summed E-state index contributed by atoms with van der Waals surface area (Å²) in [7, 11) is 0. The fourth-order valence-corrected chi connectivity index (χ4v) is 9.50. The average molecular weight is 698 g/mol. The highest BCUT2D eigenvalue weighted by Crippen LogP contribution is 2.61. The smallest absolute Gasteiger partial charge is 0.306 e. The summed E-state index contributed by atoms with van der Waals surface area (Å²) >= 11 is 0. The largest absolute Gasteiger partial charge is 0.465 e. The van der Waals surface area contributed by atoms with Gasteiger partial charge in [-0.25, -0.2) is 0 Å². The van der Waals surface area contributed by atoms with E-state index in [0.717, 1.165) is 75.9 Å². The Balaban J connectivity index is 1.07. The van der Waals surface area contributed by atoms with Gasteiger partial charge in [-0.3, -0.25) is 14.4 Å². The van der Waals surface area contributed by atoms with Crippen LogP contribution in [0.1, 0.15) is 161 Å². The van der Waals surface area contributed by atoms with E-state index < -0.39 is 0 Å². The van der Waals surface area contributed by atoms with Crippen molar-refractivity contribution in [3.8, 4) is 0 Å². The Morgan fingerprint density at radius 3 is 1.72 bits per heavy atom. The third kappa shape index (κ3) is 16.0. The van der Waals surface area contributed by atoms with Gasteiger partial charge in [-0.1, -0.05) is 69.8 Å². The summed E-state index contributed by atoms with van der Waals surface area (Å²) in [4.78, 5) is 40.6. The predicted molar refractivity (Wildman–Crippen MR) is 200 cm³/mol. The van der Waals surface area contributed by atoms with Gasteiger partial charge in [0.15, 0.2) is 0 Å². The van der Waals surface area contributed by atoms with Crippen molar-refractivity contribution < 1.29 is 28.6 Å². The SMILES string of the molecule is CCCCC/C=C\C/C=C\CCCCCCCCC(=O)OCC(COC(=O)CCCN1CCCC1)COC(=O)CC12CC3CC(CC(C3)C1)C2. The Hall–Kier alpha value is -2.15. The molecule has 4 aliphatic carbocycles. The molecule has 0 aromatic rings. The molecule has 0 radical (unpaired) electrons. The van der Waals surface area contributed by atoms with Crippen LogP contribution >= 0.6 is 0 Å². The topological polar surface area (TPSA) is 82.1 Å². The summed E-state index contributed by atoms with van der Waals surface area (Å²) in [6.07, 6.45) is 35.1. The molecule has 4 saturated carbocycles. The molecule has 0 amide bonds. The Labute approximate surface area is 304 Å². The number of ether oxygens (including phenoxy) is 3.